The molecule has 96 valence electrons. The van der Waals surface area contributed by atoms with Crippen molar-refractivity contribution in [3.8, 4) is 0 Å². The van der Waals surface area contributed by atoms with Gasteiger partial charge in [-0.05, 0) is 25.1 Å². The maximum atomic E-state index is 11.4. The van der Waals surface area contributed by atoms with Crippen LogP contribution in [-0.2, 0) is 19.5 Å². The minimum atomic E-state index is 0.0225. The molecule has 2 aromatic rings. The molecule has 0 saturated heterocycles. The summed E-state index contributed by atoms with van der Waals surface area (Å²) < 4.78 is 7.27. The van der Waals surface area contributed by atoms with Gasteiger partial charge in [0.25, 0.3) is 5.56 Å². The van der Waals surface area contributed by atoms with Crippen LogP contribution in [0.3, 0.4) is 0 Å². The number of pyridine rings is 1. The standard InChI is InChI=1S/C14H18N2O2/c1-3-12-6-7-13(18-12)9-15-11-5-8-14(17)16(4-2)10-11/h5-8,10,15H,3-4,9H2,1-2H3. The molecule has 0 aliphatic heterocycles. The van der Waals surface area contributed by atoms with Crippen LogP contribution in [0.1, 0.15) is 25.4 Å². The summed E-state index contributed by atoms with van der Waals surface area (Å²) in [6.45, 7) is 5.31. The number of hydrogen-bond donors (Lipinski definition) is 1. The second-order valence-corrected chi connectivity index (χ2v) is 4.12. The maximum Gasteiger partial charge on any atom is 0.250 e. The lowest BCUT2D eigenvalue weighted by Gasteiger charge is -2.07. The molecule has 0 aliphatic rings. The number of hydrogen-bond acceptors (Lipinski definition) is 3. The van der Waals surface area contributed by atoms with E-state index in [9.17, 15) is 4.79 Å². The quantitative estimate of drug-likeness (QED) is 0.882. The first-order valence-corrected chi connectivity index (χ1v) is 6.25. The van der Waals surface area contributed by atoms with Crippen LogP contribution in [0.2, 0.25) is 0 Å². The molecule has 18 heavy (non-hydrogen) atoms. The molecule has 4 heteroatoms. The first-order valence-electron chi connectivity index (χ1n) is 6.25. The van der Waals surface area contributed by atoms with E-state index in [1.165, 1.54) is 0 Å². The first kappa shape index (κ1) is 12.5. The van der Waals surface area contributed by atoms with Crippen LogP contribution in [-0.4, -0.2) is 4.57 Å². The molecule has 2 rings (SSSR count). The van der Waals surface area contributed by atoms with Crippen LogP contribution in [0, 0.1) is 0 Å². The third-order valence-corrected chi connectivity index (χ3v) is 2.86. The van der Waals surface area contributed by atoms with Gasteiger partial charge in [-0.3, -0.25) is 4.79 Å². The lowest BCUT2D eigenvalue weighted by molar-refractivity contribution is 0.476. The van der Waals surface area contributed by atoms with Crippen molar-refractivity contribution >= 4 is 5.69 Å². The Bertz CT molecular complexity index is 569. The molecule has 0 saturated carbocycles. The molecule has 0 aliphatic carbocycles. The van der Waals surface area contributed by atoms with Crippen molar-refractivity contribution in [2.75, 3.05) is 5.32 Å². The first-order chi connectivity index (χ1) is 8.72. The van der Waals surface area contributed by atoms with Crippen molar-refractivity contribution in [2.24, 2.45) is 0 Å². The fraction of sp³-hybridized carbons (Fsp3) is 0.357. The lowest BCUT2D eigenvalue weighted by atomic mass is 10.3. The van der Waals surface area contributed by atoms with E-state index in [-0.39, 0.29) is 5.56 Å². The van der Waals surface area contributed by atoms with Gasteiger partial charge in [0.2, 0.25) is 0 Å². The fourth-order valence-corrected chi connectivity index (χ4v) is 1.78. The zero-order valence-electron chi connectivity index (χ0n) is 10.8. The summed E-state index contributed by atoms with van der Waals surface area (Å²) in [7, 11) is 0. The maximum absolute atomic E-state index is 11.4. The number of nitrogens with zero attached hydrogens (tertiary/aromatic N) is 1. The SMILES string of the molecule is CCc1ccc(CNc2ccc(=O)n(CC)c2)o1. The van der Waals surface area contributed by atoms with Gasteiger partial charge in [0, 0.05) is 25.2 Å². The number of aryl methyl sites for hydroxylation is 2. The molecule has 0 radical (unpaired) electrons. The third-order valence-electron chi connectivity index (χ3n) is 2.86. The molecule has 0 aromatic carbocycles. The van der Waals surface area contributed by atoms with E-state index >= 15 is 0 Å². The highest BCUT2D eigenvalue weighted by atomic mass is 16.3. The zero-order chi connectivity index (χ0) is 13.0. The smallest absolute Gasteiger partial charge is 0.250 e. The molecule has 1 N–H and O–H groups in total. The van der Waals surface area contributed by atoms with Crippen LogP contribution in [0.25, 0.3) is 0 Å². The molecule has 0 unspecified atom stereocenters. The Labute approximate surface area is 106 Å². The molecule has 2 heterocycles. The summed E-state index contributed by atoms with van der Waals surface area (Å²) >= 11 is 0. The number of aromatic nitrogens is 1. The summed E-state index contributed by atoms with van der Waals surface area (Å²) in [4.78, 5) is 11.4. The molecule has 0 atom stereocenters. The normalized spacial score (nSPS) is 10.6. The van der Waals surface area contributed by atoms with Crippen molar-refractivity contribution in [2.45, 2.75) is 33.4 Å². The summed E-state index contributed by atoms with van der Waals surface area (Å²) in [5.41, 5.74) is 0.945. The summed E-state index contributed by atoms with van der Waals surface area (Å²) in [6.07, 6.45) is 2.73. The molecule has 0 amide bonds. The Morgan fingerprint density at radius 3 is 2.61 bits per heavy atom. The highest BCUT2D eigenvalue weighted by Crippen LogP contribution is 2.11. The Morgan fingerprint density at radius 2 is 1.94 bits per heavy atom. The minimum Gasteiger partial charge on any atom is -0.464 e. The van der Waals surface area contributed by atoms with E-state index in [1.54, 1.807) is 16.7 Å². The molecular formula is C14H18N2O2. The molecule has 2 aromatic heterocycles. The van der Waals surface area contributed by atoms with Crippen molar-refractivity contribution in [1.82, 2.24) is 4.57 Å². The van der Waals surface area contributed by atoms with Gasteiger partial charge in [0.15, 0.2) is 0 Å². The van der Waals surface area contributed by atoms with Gasteiger partial charge in [0.05, 0.1) is 12.2 Å². The fourth-order valence-electron chi connectivity index (χ4n) is 1.78. The van der Waals surface area contributed by atoms with E-state index in [0.29, 0.717) is 13.1 Å². The van der Waals surface area contributed by atoms with Crippen LogP contribution in [0.5, 0.6) is 0 Å². The lowest BCUT2D eigenvalue weighted by Crippen LogP contribution is -2.17. The van der Waals surface area contributed by atoms with E-state index in [4.69, 9.17) is 4.42 Å². The molecule has 4 nitrogen and oxygen atoms in total. The number of nitrogens with one attached hydrogen (secondary N) is 1. The van der Waals surface area contributed by atoms with Gasteiger partial charge in [-0.25, -0.2) is 0 Å². The largest absolute Gasteiger partial charge is 0.464 e. The topological polar surface area (TPSA) is 47.2 Å². The van der Waals surface area contributed by atoms with Crippen LogP contribution in [0.4, 0.5) is 5.69 Å². The van der Waals surface area contributed by atoms with E-state index < -0.39 is 0 Å². The van der Waals surface area contributed by atoms with Crippen LogP contribution >= 0.6 is 0 Å². The average molecular weight is 246 g/mol. The van der Waals surface area contributed by atoms with Gasteiger partial charge in [-0.15, -0.1) is 0 Å². The number of anilines is 1. The van der Waals surface area contributed by atoms with Gasteiger partial charge >= 0.3 is 0 Å². The van der Waals surface area contributed by atoms with Gasteiger partial charge in [0.1, 0.15) is 11.5 Å². The molecular weight excluding hydrogens is 228 g/mol. The van der Waals surface area contributed by atoms with Gasteiger partial charge in [-0.2, -0.15) is 0 Å². The molecule has 0 bridgehead atoms. The number of furan rings is 1. The summed E-state index contributed by atoms with van der Waals surface area (Å²) in [6, 6.07) is 7.33. The van der Waals surface area contributed by atoms with Crippen LogP contribution in [0.15, 0.2) is 39.7 Å². The van der Waals surface area contributed by atoms with Crippen molar-refractivity contribution in [1.29, 1.82) is 0 Å². The molecule has 0 fully saturated rings. The van der Waals surface area contributed by atoms with Crippen molar-refractivity contribution in [3.63, 3.8) is 0 Å². The second kappa shape index (κ2) is 5.58. The van der Waals surface area contributed by atoms with Crippen molar-refractivity contribution < 1.29 is 4.42 Å². The Kier molecular flexibility index (Phi) is 3.87. The predicted molar refractivity (Wildman–Crippen MR) is 71.8 cm³/mol. The molecule has 0 spiro atoms. The van der Waals surface area contributed by atoms with Crippen LogP contribution < -0.4 is 10.9 Å². The van der Waals surface area contributed by atoms with Gasteiger partial charge in [-0.1, -0.05) is 6.92 Å². The second-order valence-electron chi connectivity index (χ2n) is 4.12. The Hall–Kier alpha value is -1.97. The van der Waals surface area contributed by atoms with E-state index in [2.05, 4.69) is 12.2 Å². The average Bonchev–Trinajstić information content (AvgIpc) is 2.86. The monoisotopic (exact) mass is 246 g/mol. The summed E-state index contributed by atoms with van der Waals surface area (Å²) in [5.74, 6) is 1.89. The summed E-state index contributed by atoms with van der Waals surface area (Å²) in [5, 5.41) is 3.25. The Morgan fingerprint density at radius 1 is 1.17 bits per heavy atom. The predicted octanol–water partition coefficient (Wildman–Crippen LogP) is 2.64. The van der Waals surface area contributed by atoms with E-state index in [0.717, 1.165) is 23.6 Å². The minimum absolute atomic E-state index is 0.0225. The van der Waals surface area contributed by atoms with E-state index in [1.807, 2.05) is 25.3 Å². The van der Waals surface area contributed by atoms with Gasteiger partial charge < -0.3 is 14.3 Å². The third kappa shape index (κ3) is 2.83. The number of rotatable bonds is 5. The van der Waals surface area contributed by atoms with Crippen molar-refractivity contribution in [3.05, 3.63) is 52.3 Å². The Balaban J connectivity index is 2.03. The highest BCUT2D eigenvalue weighted by molar-refractivity contribution is 5.40. The zero-order valence-corrected chi connectivity index (χ0v) is 10.8. The highest BCUT2D eigenvalue weighted by Gasteiger charge is 2.01.